The summed E-state index contributed by atoms with van der Waals surface area (Å²) in [5.74, 6) is 0.814. The first-order valence-corrected chi connectivity index (χ1v) is 16.6. The lowest BCUT2D eigenvalue weighted by Gasteiger charge is -2.19. The number of esters is 1. The van der Waals surface area contributed by atoms with E-state index in [1.807, 2.05) is 0 Å². The lowest BCUT2D eigenvalue weighted by atomic mass is 9.95. The molecule has 172 valence electrons. The number of thioether (sulfide) groups is 1. The molecule has 1 aliphatic heterocycles. The van der Waals surface area contributed by atoms with Crippen molar-refractivity contribution in [3.8, 4) is 0 Å². The SMILES string of the molecule is C[Si](C)(C)CCOC(=O)C1CSc2c(C3CC3)c(Cc3cccc4ccccc34)cc(=O)n21. The van der Waals surface area contributed by atoms with Gasteiger partial charge >= 0.3 is 5.97 Å². The Morgan fingerprint density at radius 2 is 1.85 bits per heavy atom. The van der Waals surface area contributed by atoms with Crippen molar-refractivity contribution in [2.75, 3.05) is 12.4 Å². The van der Waals surface area contributed by atoms with Gasteiger partial charge in [-0.15, -0.1) is 11.8 Å². The minimum atomic E-state index is -1.28. The maximum atomic E-state index is 13.3. The average Bonchev–Trinajstić information content (AvgIpc) is 3.50. The molecule has 0 amide bonds. The van der Waals surface area contributed by atoms with Crippen LogP contribution in [-0.4, -0.2) is 31.0 Å². The average molecular weight is 478 g/mol. The second kappa shape index (κ2) is 8.80. The lowest BCUT2D eigenvalue weighted by Crippen LogP contribution is -2.32. The fraction of sp³-hybridized carbons (Fsp3) is 0.407. The number of nitrogens with zero attached hydrogens (tertiary/aromatic N) is 1. The Kier molecular flexibility index (Phi) is 5.99. The molecule has 1 unspecified atom stereocenters. The molecular weight excluding hydrogens is 446 g/mol. The van der Waals surface area contributed by atoms with Gasteiger partial charge in [-0.25, -0.2) is 4.79 Å². The zero-order valence-electron chi connectivity index (χ0n) is 19.6. The topological polar surface area (TPSA) is 48.3 Å². The van der Waals surface area contributed by atoms with Crippen molar-refractivity contribution in [1.29, 1.82) is 0 Å². The highest BCUT2D eigenvalue weighted by Crippen LogP contribution is 2.48. The number of aromatic nitrogens is 1. The van der Waals surface area contributed by atoms with Crippen LogP contribution in [0.2, 0.25) is 25.7 Å². The smallest absolute Gasteiger partial charge is 0.330 e. The van der Waals surface area contributed by atoms with Crippen LogP contribution in [0.4, 0.5) is 0 Å². The molecule has 0 bridgehead atoms. The van der Waals surface area contributed by atoms with Gasteiger partial charge in [0.1, 0.15) is 6.04 Å². The fourth-order valence-electron chi connectivity index (χ4n) is 4.67. The molecule has 5 rings (SSSR count). The van der Waals surface area contributed by atoms with E-state index in [0.717, 1.165) is 35.9 Å². The second-order valence-corrected chi connectivity index (χ2v) is 17.1. The molecule has 0 N–H and O–H groups in total. The third-order valence-corrected chi connectivity index (χ3v) is 9.51. The van der Waals surface area contributed by atoms with E-state index in [9.17, 15) is 9.59 Å². The Morgan fingerprint density at radius 3 is 2.61 bits per heavy atom. The summed E-state index contributed by atoms with van der Waals surface area (Å²) in [4.78, 5) is 26.2. The standard InChI is InChI=1S/C27H31NO3SSi/c1-33(2,3)14-13-31-27(30)23-17-32-26-25(19-11-12-19)21(16-24(29)28(23)26)15-20-9-6-8-18-7-4-5-10-22(18)20/h4-10,16,19,23H,11-15,17H2,1-3H3. The Labute approximate surface area is 200 Å². The molecule has 0 spiro atoms. The van der Waals surface area contributed by atoms with Crippen LogP contribution >= 0.6 is 11.8 Å². The van der Waals surface area contributed by atoms with Crippen molar-refractivity contribution in [3.05, 3.63) is 75.6 Å². The number of benzene rings is 2. The minimum absolute atomic E-state index is 0.0817. The van der Waals surface area contributed by atoms with Gasteiger partial charge in [0, 0.05) is 19.9 Å². The van der Waals surface area contributed by atoms with E-state index in [1.165, 1.54) is 21.9 Å². The highest BCUT2D eigenvalue weighted by molar-refractivity contribution is 7.99. The Balaban J connectivity index is 1.47. The number of carbonyl (C=O) groups is 1. The van der Waals surface area contributed by atoms with Gasteiger partial charge in [-0.05, 0) is 58.7 Å². The molecule has 33 heavy (non-hydrogen) atoms. The quantitative estimate of drug-likeness (QED) is 0.309. The molecule has 1 saturated carbocycles. The number of ether oxygens (including phenoxy) is 1. The summed E-state index contributed by atoms with van der Waals surface area (Å²) in [6, 6.07) is 17.0. The summed E-state index contributed by atoms with van der Waals surface area (Å²) in [7, 11) is -1.28. The molecule has 1 fully saturated rings. The minimum Gasteiger partial charge on any atom is -0.464 e. The fourth-order valence-corrected chi connectivity index (χ4v) is 6.80. The summed E-state index contributed by atoms with van der Waals surface area (Å²) in [6.45, 7) is 7.26. The van der Waals surface area contributed by atoms with Gasteiger partial charge in [0.2, 0.25) is 0 Å². The number of pyridine rings is 1. The number of fused-ring (bicyclic) bond motifs is 2. The Hall–Kier alpha value is -2.31. The van der Waals surface area contributed by atoms with Crippen molar-refractivity contribution in [3.63, 3.8) is 0 Å². The Morgan fingerprint density at radius 1 is 1.09 bits per heavy atom. The van der Waals surface area contributed by atoms with Gasteiger partial charge in [0.15, 0.2) is 0 Å². The molecule has 3 aromatic rings. The first-order chi connectivity index (χ1) is 15.8. The second-order valence-electron chi connectivity index (χ2n) is 10.5. The monoisotopic (exact) mass is 477 g/mol. The van der Waals surface area contributed by atoms with E-state index < -0.39 is 14.1 Å². The van der Waals surface area contributed by atoms with E-state index in [2.05, 4.69) is 62.1 Å². The molecule has 2 aliphatic rings. The van der Waals surface area contributed by atoms with Crippen molar-refractivity contribution in [2.24, 2.45) is 0 Å². The molecule has 1 aromatic heterocycles. The molecule has 1 aliphatic carbocycles. The van der Waals surface area contributed by atoms with Crippen LogP contribution in [0.15, 0.2) is 58.4 Å². The van der Waals surface area contributed by atoms with Crippen molar-refractivity contribution in [2.45, 2.75) is 61.9 Å². The number of rotatable bonds is 7. The van der Waals surface area contributed by atoms with Crippen LogP contribution in [0.3, 0.4) is 0 Å². The maximum Gasteiger partial charge on any atom is 0.330 e. The molecule has 0 radical (unpaired) electrons. The van der Waals surface area contributed by atoms with E-state index in [4.69, 9.17) is 4.74 Å². The first-order valence-electron chi connectivity index (χ1n) is 11.9. The molecule has 0 saturated heterocycles. The van der Waals surface area contributed by atoms with Crippen LogP contribution in [0.1, 0.15) is 41.5 Å². The maximum absolute atomic E-state index is 13.3. The van der Waals surface area contributed by atoms with Crippen molar-refractivity contribution >= 4 is 36.6 Å². The van der Waals surface area contributed by atoms with Gasteiger partial charge < -0.3 is 4.74 Å². The van der Waals surface area contributed by atoms with Gasteiger partial charge in [-0.3, -0.25) is 9.36 Å². The molecule has 4 nitrogen and oxygen atoms in total. The van der Waals surface area contributed by atoms with Crippen molar-refractivity contribution < 1.29 is 9.53 Å². The summed E-state index contributed by atoms with van der Waals surface area (Å²) < 4.78 is 7.35. The van der Waals surface area contributed by atoms with Crippen LogP contribution in [-0.2, 0) is 16.0 Å². The van der Waals surface area contributed by atoms with Crippen LogP contribution in [0, 0.1) is 0 Å². The first kappa shape index (κ1) is 22.5. The van der Waals surface area contributed by atoms with Gasteiger partial charge in [-0.2, -0.15) is 0 Å². The summed E-state index contributed by atoms with van der Waals surface area (Å²) in [5, 5.41) is 3.45. The van der Waals surface area contributed by atoms with Crippen LogP contribution in [0.5, 0.6) is 0 Å². The van der Waals surface area contributed by atoms with Gasteiger partial charge in [-0.1, -0.05) is 62.1 Å². The highest BCUT2D eigenvalue weighted by Gasteiger charge is 2.38. The van der Waals surface area contributed by atoms with E-state index in [1.54, 1.807) is 22.4 Å². The zero-order valence-corrected chi connectivity index (χ0v) is 21.4. The third-order valence-electron chi connectivity index (χ3n) is 6.63. The highest BCUT2D eigenvalue weighted by atomic mass is 32.2. The molecule has 1 atom stereocenters. The Bertz CT molecular complexity index is 1270. The van der Waals surface area contributed by atoms with Gasteiger partial charge in [0.25, 0.3) is 5.56 Å². The van der Waals surface area contributed by atoms with E-state index in [-0.39, 0.29) is 11.5 Å². The summed E-state index contributed by atoms with van der Waals surface area (Å²) >= 11 is 1.65. The molecule has 2 aromatic carbocycles. The van der Waals surface area contributed by atoms with Crippen LogP contribution in [0.25, 0.3) is 10.8 Å². The number of hydrogen-bond donors (Lipinski definition) is 0. The molecule has 2 heterocycles. The predicted molar refractivity (Wildman–Crippen MR) is 138 cm³/mol. The van der Waals surface area contributed by atoms with E-state index >= 15 is 0 Å². The third kappa shape index (κ3) is 4.69. The largest absolute Gasteiger partial charge is 0.464 e. The molecular formula is C27H31NO3SSi. The van der Waals surface area contributed by atoms with Crippen LogP contribution < -0.4 is 5.56 Å². The van der Waals surface area contributed by atoms with Crippen molar-refractivity contribution in [1.82, 2.24) is 4.57 Å². The lowest BCUT2D eigenvalue weighted by molar-refractivity contribution is -0.146. The predicted octanol–water partition coefficient (Wildman–Crippen LogP) is 6.00. The summed E-state index contributed by atoms with van der Waals surface area (Å²) in [5.41, 5.74) is 3.56. The normalized spacial score (nSPS) is 17.8. The number of carbonyl (C=O) groups excluding carboxylic acids is 1. The molecule has 6 heteroatoms. The zero-order chi connectivity index (χ0) is 23.2. The van der Waals surface area contributed by atoms with Gasteiger partial charge in [0.05, 0.1) is 11.6 Å². The number of hydrogen-bond acceptors (Lipinski definition) is 4. The summed E-state index contributed by atoms with van der Waals surface area (Å²) in [6.07, 6.45) is 3.04. The van der Waals surface area contributed by atoms with E-state index in [0.29, 0.717) is 18.3 Å².